The molecular weight excluding hydrogens is 292 g/mol. The van der Waals surface area contributed by atoms with Crippen molar-refractivity contribution in [2.24, 2.45) is 0 Å². The van der Waals surface area contributed by atoms with Crippen LogP contribution in [0.25, 0.3) is 0 Å². The summed E-state index contributed by atoms with van der Waals surface area (Å²) in [5, 5.41) is 6.37. The Morgan fingerprint density at radius 2 is 1.96 bits per heavy atom. The maximum absolute atomic E-state index is 11.7. The molecule has 1 amide bonds. The largest absolute Gasteiger partial charge is 0.469 e. The van der Waals surface area contributed by atoms with Crippen molar-refractivity contribution in [3.8, 4) is 0 Å². The highest BCUT2D eigenvalue weighted by Crippen LogP contribution is 2.20. The van der Waals surface area contributed by atoms with Crippen LogP contribution in [0.5, 0.6) is 0 Å². The molecule has 1 fully saturated rings. The lowest BCUT2D eigenvalue weighted by molar-refractivity contribution is 0.125. The van der Waals surface area contributed by atoms with E-state index in [1.165, 1.54) is 0 Å². The monoisotopic (exact) mass is 314 g/mol. The summed E-state index contributed by atoms with van der Waals surface area (Å²) >= 11 is 0. The molecule has 0 aliphatic heterocycles. The molecule has 2 N–H and O–H groups in total. The Bertz CT molecular complexity index is 592. The van der Waals surface area contributed by atoms with Gasteiger partial charge in [0.05, 0.1) is 6.26 Å². The maximum Gasteiger partial charge on any atom is 0.407 e. The van der Waals surface area contributed by atoms with Crippen molar-refractivity contribution in [1.82, 2.24) is 10.6 Å². The van der Waals surface area contributed by atoms with Crippen LogP contribution in [-0.2, 0) is 17.8 Å². The second-order valence-electron chi connectivity index (χ2n) is 5.85. The molecule has 0 saturated heterocycles. The van der Waals surface area contributed by atoms with Crippen molar-refractivity contribution in [3.05, 3.63) is 60.1 Å². The van der Waals surface area contributed by atoms with E-state index in [0.29, 0.717) is 12.6 Å². The smallest absolute Gasteiger partial charge is 0.407 e. The first-order chi connectivity index (χ1) is 11.3. The number of rotatable bonds is 7. The number of benzene rings is 1. The van der Waals surface area contributed by atoms with Gasteiger partial charge in [0.25, 0.3) is 0 Å². The normalized spacial score (nSPS) is 19.8. The fraction of sp³-hybridized carbons (Fsp3) is 0.389. The Balaban J connectivity index is 1.25. The molecule has 0 spiro atoms. The van der Waals surface area contributed by atoms with E-state index in [9.17, 15) is 4.79 Å². The van der Waals surface area contributed by atoms with Crippen molar-refractivity contribution >= 4 is 6.09 Å². The van der Waals surface area contributed by atoms with Crippen LogP contribution in [0.4, 0.5) is 4.79 Å². The number of carbonyl (C=O) groups excluding carboxylic acids is 1. The molecule has 2 aromatic rings. The Labute approximate surface area is 136 Å². The summed E-state index contributed by atoms with van der Waals surface area (Å²) in [4.78, 5) is 11.7. The van der Waals surface area contributed by atoms with Crippen LogP contribution in [0.15, 0.2) is 53.1 Å². The highest BCUT2D eigenvalue weighted by atomic mass is 16.5. The van der Waals surface area contributed by atoms with E-state index < -0.39 is 0 Å². The predicted molar refractivity (Wildman–Crippen MR) is 87.0 cm³/mol. The van der Waals surface area contributed by atoms with Gasteiger partial charge in [-0.3, -0.25) is 0 Å². The van der Waals surface area contributed by atoms with Gasteiger partial charge in [-0.25, -0.2) is 4.79 Å². The van der Waals surface area contributed by atoms with E-state index in [2.05, 4.69) is 10.6 Å². The van der Waals surface area contributed by atoms with Crippen LogP contribution in [0.2, 0.25) is 0 Å². The second-order valence-corrected chi connectivity index (χ2v) is 5.85. The molecule has 122 valence electrons. The van der Waals surface area contributed by atoms with E-state index in [1.54, 1.807) is 6.26 Å². The van der Waals surface area contributed by atoms with Crippen LogP contribution >= 0.6 is 0 Å². The fourth-order valence-corrected chi connectivity index (χ4v) is 2.69. The minimum absolute atomic E-state index is 0.208. The molecule has 23 heavy (non-hydrogen) atoms. The van der Waals surface area contributed by atoms with Gasteiger partial charge >= 0.3 is 6.09 Å². The maximum atomic E-state index is 11.7. The molecule has 1 aliphatic carbocycles. The van der Waals surface area contributed by atoms with Crippen molar-refractivity contribution in [1.29, 1.82) is 0 Å². The zero-order valence-corrected chi connectivity index (χ0v) is 13.0. The minimum Gasteiger partial charge on any atom is -0.469 e. The van der Waals surface area contributed by atoms with Crippen molar-refractivity contribution < 1.29 is 13.9 Å². The number of amides is 1. The van der Waals surface area contributed by atoms with Gasteiger partial charge in [-0.1, -0.05) is 30.3 Å². The molecule has 0 radical (unpaired) electrons. The van der Waals surface area contributed by atoms with Crippen LogP contribution in [0.3, 0.4) is 0 Å². The number of nitrogens with one attached hydrogen (secondary N) is 2. The van der Waals surface area contributed by atoms with Crippen molar-refractivity contribution in [3.63, 3.8) is 0 Å². The molecule has 5 nitrogen and oxygen atoms in total. The average molecular weight is 314 g/mol. The molecule has 1 aliphatic rings. The third-order valence-corrected chi connectivity index (χ3v) is 4.06. The Morgan fingerprint density at radius 1 is 1.13 bits per heavy atom. The van der Waals surface area contributed by atoms with Gasteiger partial charge < -0.3 is 19.8 Å². The topological polar surface area (TPSA) is 63.5 Å². The summed E-state index contributed by atoms with van der Waals surface area (Å²) in [5.74, 6) is 0.996. The first-order valence-corrected chi connectivity index (χ1v) is 8.02. The third kappa shape index (κ3) is 4.86. The molecular formula is C18H22N2O3. The molecule has 5 heteroatoms. The lowest BCUT2D eigenvalue weighted by atomic mass is 9.87. The van der Waals surface area contributed by atoms with Gasteiger partial charge in [0.15, 0.2) is 0 Å². The van der Waals surface area contributed by atoms with Crippen LogP contribution < -0.4 is 10.6 Å². The molecule has 1 aromatic carbocycles. The predicted octanol–water partition coefficient (Wildman–Crippen LogP) is 2.87. The molecule has 1 saturated carbocycles. The van der Waals surface area contributed by atoms with E-state index >= 15 is 0 Å². The van der Waals surface area contributed by atoms with Gasteiger partial charge in [0, 0.05) is 25.0 Å². The SMILES string of the molecule is O=C(NC1CC(NCCc2ccco2)C1)OCc1ccccc1. The number of carbonyl (C=O) groups is 1. The molecule has 0 unspecified atom stereocenters. The first-order valence-electron chi connectivity index (χ1n) is 8.02. The molecule has 3 rings (SSSR count). The van der Waals surface area contributed by atoms with Crippen LogP contribution in [-0.4, -0.2) is 24.7 Å². The lowest BCUT2D eigenvalue weighted by Gasteiger charge is -2.36. The van der Waals surface area contributed by atoms with Gasteiger partial charge in [-0.15, -0.1) is 0 Å². The quantitative estimate of drug-likeness (QED) is 0.825. The van der Waals surface area contributed by atoms with E-state index in [1.807, 2.05) is 42.5 Å². The minimum atomic E-state index is -0.340. The molecule has 1 aromatic heterocycles. The number of alkyl carbamates (subject to hydrolysis) is 1. The summed E-state index contributed by atoms with van der Waals surface area (Å²) in [6.45, 7) is 1.20. The Morgan fingerprint density at radius 3 is 2.70 bits per heavy atom. The third-order valence-electron chi connectivity index (χ3n) is 4.06. The lowest BCUT2D eigenvalue weighted by Crippen LogP contribution is -2.52. The van der Waals surface area contributed by atoms with Gasteiger partial charge in [0.1, 0.15) is 12.4 Å². The van der Waals surface area contributed by atoms with E-state index in [-0.39, 0.29) is 12.1 Å². The number of hydrogen-bond donors (Lipinski definition) is 2. The summed E-state index contributed by atoms with van der Waals surface area (Å²) < 4.78 is 10.5. The molecule has 0 bridgehead atoms. The number of furan rings is 1. The van der Waals surface area contributed by atoms with Crippen LogP contribution in [0, 0.1) is 0 Å². The molecule has 1 heterocycles. The Hall–Kier alpha value is -2.27. The van der Waals surface area contributed by atoms with E-state index in [0.717, 1.165) is 37.1 Å². The number of ether oxygens (including phenoxy) is 1. The summed E-state index contributed by atoms with van der Waals surface area (Å²) in [6.07, 6.45) is 4.13. The van der Waals surface area contributed by atoms with Gasteiger partial charge in [-0.2, -0.15) is 0 Å². The first kappa shape index (κ1) is 15.6. The van der Waals surface area contributed by atoms with Crippen LogP contribution in [0.1, 0.15) is 24.2 Å². The number of hydrogen-bond acceptors (Lipinski definition) is 4. The van der Waals surface area contributed by atoms with Crippen molar-refractivity contribution in [2.75, 3.05) is 6.54 Å². The Kier molecular flexibility index (Phi) is 5.32. The van der Waals surface area contributed by atoms with Gasteiger partial charge in [0.2, 0.25) is 0 Å². The zero-order chi connectivity index (χ0) is 15.9. The summed E-state index contributed by atoms with van der Waals surface area (Å²) in [7, 11) is 0. The summed E-state index contributed by atoms with van der Waals surface area (Å²) in [5.41, 5.74) is 0.994. The van der Waals surface area contributed by atoms with Gasteiger partial charge in [-0.05, 0) is 30.5 Å². The zero-order valence-electron chi connectivity index (χ0n) is 13.0. The standard InChI is InChI=1S/C18H22N2O3/c21-18(23-13-14-5-2-1-3-6-14)20-16-11-15(12-16)19-9-8-17-7-4-10-22-17/h1-7,10,15-16,19H,8-9,11-13H2,(H,20,21). The highest BCUT2D eigenvalue weighted by Gasteiger charge is 2.30. The fourth-order valence-electron chi connectivity index (χ4n) is 2.69. The second kappa shape index (κ2) is 7.83. The van der Waals surface area contributed by atoms with E-state index in [4.69, 9.17) is 9.15 Å². The summed E-state index contributed by atoms with van der Waals surface area (Å²) in [6, 6.07) is 14.2. The molecule has 0 atom stereocenters. The average Bonchev–Trinajstić information content (AvgIpc) is 3.05. The highest BCUT2D eigenvalue weighted by molar-refractivity contribution is 5.67. The van der Waals surface area contributed by atoms with Crippen molar-refractivity contribution in [2.45, 2.75) is 38.0 Å².